The van der Waals surface area contributed by atoms with Crippen LogP contribution in [0.2, 0.25) is 5.02 Å². The van der Waals surface area contributed by atoms with Crippen LogP contribution < -0.4 is 11.1 Å². The topological polar surface area (TPSA) is 64.3 Å². The largest absolute Gasteiger partial charge is 0.397 e. The first-order chi connectivity index (χ1) is 8.52. The van der Waals surface area contributed by atoms with Gasteiger partial charge in [0, 0.05) is 13.2 Å². The van der Waals surface area contributed by atoms with Gasteiger partial charge in [0.2, 0.25) is 0 Å². The second-order valence-corrected chi connectivity index (χ2v) is 4.83. The summed E-state index contributed by atoms with van der Waals surface area (Å²) < 4.78 is 5.36. The number of carbonyl (C=O) groups is 1. The van der Waals surface area contributed by atoms with Crippen LogP contribution in [0.5, 0.6) is 0 Å². The first-order valence-corrected chi connectivity index (χ1v) is 6.30. The highest BCUT2D eigenvalue weighted by Gasteiger charge is 2.10. The fourth-order valence-corrected chi connectivity index (χ4v) is 1.56. The summed E-state index contributed by atoms with van der Waals surface area (Å²) in [5, 5.41) is 3.13. The van der Waals surface area contributed by atoms with E-state index < -0.39 is 0 Å². The van der Waals surface area contributed by atoms with Gasteiger partial charge < -0.3 is 15.8 Å². The summed E-state index contributed by atoms with van der Waals surface area (Å²) in [7, 11) is 0. The summed E-state index contributed by atoms with van der Waals surface area (Å²) in [6, 6.07) is 4.99. The number of carbonyl (C=O) groups excluding carboxylic acids is 1. The van der Waals surface area contributed by atoms with Gasteiger partial charge in [-0.1, -0.05) is 31.5 Å². The molecule has 0 radical (unpaired) electrons. The molecule has 1 amide bonds. The van der Waals surface area contributed by atoms with Gasteiger partial charge in [0.05, 0.1) is 22.9 Å². The maximum absolute atomic E-state index is 11.8. The van der Waals surface area contributed by atoms with Gasteiger partial charge in [-0.05, 0) is 18.1 Å². The van der Waals surface area contributed by atoms with E-state index in [0.717, 1.165) is 0 Å². The number of anilines is 1. The molecule has 1 rings (SSSR count). The lowest BCUT2D eigenvalue weighted by molar-refractivity contribution is 0.0887. The van der Waals surface area contributed by atoms with Crippen LogP contribution in [-0.2, 0) is 4.74 Å². The zero-order valence-electron chi connectivity index (χ0n) is 10.7. The number of ether oxygens (including phenoxy) is 1. The van der Waals surface area contributed by atoms with Crippen molar-refractivity contribution in [3.05, 3.63) is 28.8 Å². The van der Waals surface area contributed by atoms with E-state index in [-0.39, 0.29) is 5.91 Å². The van der Waals surface area contributed by atoms with Crippen molar-refractivity contribution in [2.24, 2.45) is 5.92 Å². The maximum Gasteiger partial charge on any atom is 0.253 e. The molecule has 4 nitrogen and oxygen atoms in total. The zero-order chi connectivity index (χ0) is 13.5. The number of nitrogen functional groups attached to an aromatic ring is 1. The number of halogens is 1. The molecular weight excluding hydrogens is 252 g/mol. The van der Waals surface area contributed by atoms with Crippen molar-refractivity contribution in [2.45, 2.75) is 13.8 Å². The Morgan fingerprint density at radius 1 is 1.50 bits per heavy atom. The fourth-order valence-electron chi connectivity index (χ4n) is 1.39. The van der Waals surface area contributed by atoms with E-state index in [2.05, 4.69) is 19.2 Å². The van der Waals surface area contributed by atoms with E-state index >= 15 is 0 Å². The van der Waals surface area contributed by atoms with E-state index in [1.165, 1.54) is 0 Å². The SMILES string of the molecule is CC(C)COCCNC(=O)c1cccc(Cl)c1N. The van der Waals surface area contributed by atoms with Crippen molar-refractivity contribution >= 4 is 23.2 Å². The predicted octanol–water partition coefficient (Wildman–Crippen LogP) is 2.32. The van der Waals surface area contributed by atoms with Crippen LogP contribution >= 0.6 is 11.6 Å². The van der Waals surface area contributed by atoms with E-state index in [9.17, 15) is 4.79 Å². The van der Waals surface area contributed by atoms with Gasteiger partial charge in [-0.25, -0.2) is 0 Å². The highest BCUT2D eigenvalue weighted by atomic mass is 35.5. The summed E-state index contributed by atoms with van der Waals surface area (Å²) in [6.45, 7) is 5.79. The lowest BCUT2D eigenvalue weighted by atomic mass is 10.1. The highest BCUT2D eigenvalue weighted by molar-refractivity contribution is 6.33. The molecule has 0 saturated heterocycles. The monoisotopic (exact) mass is 270 g/mol. The number of nitrogens with two attached hydrogens (primary N) is 1. The van der Waals surface area contributed by atoms with Gasteiger partial charge in [-0.15, -0.1) is 0 Å². The third-order valence-corrected chi connectivity index (χ3v) is 2.61. The third kappa shape index (κ3) is 4.55. The van der Waals surface area contributed by atoms with E-state index in [0.29, 0.717) is 41.9 Å². The minimum Gasteiger partial charge on any atom is -0.397 e. The Kier molecular flexibility index (Phi) is 5.95. The predicted molar refractivity (Wildman–Crippen MR) is 73.9 cm³/mol. The molecule has 100 valence electrons. The number of amides is 1. The Morgan fingerprint density at radius 2 is 2.22 bits per heavy atom. The summed E-state index contributed by atoms with van der Waals surface area (Å²) in [5.74, 6) is 0.257. The smallest absolute Gasteiger partial charge is 0.253 e. The molecule has 0 fully saturated rings. The molecule has 0 aliphatic carbocycles. The van der Waals surface area contributed by atoms with Gasteiger partial charge in [0.25, 0.3) is 5.91 Å². The number of hydrogen-bond acceptors (Lipinski definition) is 3. The van der Waals surface area contributed by atoms with Crippen LogP contribution in [0.15, 0.2) is 18.2 Å². The Bertz CT molecular complexity index is 408. The minimum atomic E-state index is -0.233. The van der Waals surface area contributed by atoms with Gasteiger partial charge >= 0.3 is 0 Å². The molecule has 1 aromatic carbocycles. The summed E-state index contributed by atoms with van der Waals surface area (Å²) in [5.41, 5.74) is 6.43. The molecule has 0 aliphatic rings. The number of benzene rings is 1. The summed E-state index contributed by atoms with van der Waals surface area (Å²) in [4.78, 5) is 11.8. The molecule has 0 bridgehead atoms. The van der Waals surface area contributed by atoms with Crippen LogP contribution in [0, 0.1) is 5.92 Å². The van der Waals surface area contributed by atoms with Crippen molar-refractivity contribution in [3.63, 3.8) is 0 Å². The first kappa shape index (κ1) is 14.8. The maximum atomic E-state index is 11.8. The second kappa shape index (κ2) is 7.24. The zero-order valence-corrected chi connectivity index (χ0v) is 11.5. The molecule has 5 heteroatoms. The van der Waals surface area contributed by atoms with Crippen LogP contribution in [-0.4, -0.2) is 25.7 Å². The van der Waals surface area contributed by atoms with E-state index in [1.807, 2.05) is 0 Å². The Balaban J connectivity index is 2.39. The van der Waals surface area contributed by atoms with Crippen molar-refractivity contribution < 1.29 is 9.53 Å². The van der Waals surface area contributed by atoms with Crippen molar-refractivity contribution in [2.75, 3.05) is 25.5 Å². The van der Waals surface area contributed by atoms with Crippen molar-refractivity contribution in [1.29, 1.82) is 0 Å². The van der Waals surface area contributed by atoms with Gasteiger partial charge in [-0.2, -0.15) is 0 Å². The molecular formula is C13H19ClN2O2. The Labute approximate surface area is 112 Å². The van der Waals surface area contributed by atoms with E-state index in [4.69, 9.17) is 22.1 Å². The minimum absolute atomic E-state index is 0.233. The first-order valence-electron chi connectivity index (χ1n) is 5.92. The number of nitrogens with one attached hydrogen (secondary N) is 1. The van der Waals surface area contributed by atoms with Gasteiger partial charge in [0.15, 0.2) is 0 Å². The summed E-state index contributed by atoms with van der Waals surface area (Å²) in [6.07, 6.45) is 0. The molecule has 1 aromatic rings. The standard InChI is InChI=1S/C13H19ClN2O2/c1-9(2)8-18-7-6-16-13(17)10-4-3-5-11(14)12(10)15/h3-5,9H,6-8,15H2,1-2H3,(H,16,17). The molecule has 0 heterocycles. The quantitative estimate of drug-likeness (QED) is 0.616. The molecule has 0 saturated carbocycles. The van der Waals surface area contributed by atoms with Crippen molar-refractivity contribution in [3.8, 4) is 0 Å². The number of hydrogen-bond donors (Lipinski definition) is 2. The lowest BCUT2D eigenvalue weighted by Crippen LogP contribution is -2.28. The second-order valence-electron chi connectivity index (χ2n) is 4.43. The normalized spacial score (nSPS) is 10.7. The third-order valence-electron chi connectivity index (χ3n) is 2.28. The molecule has 0 aromatic heterocycles. The average molecular weight is 271 g/mol. The van der Waals surface area contributed by atoms with Gasteiger partial charge in [0.1, 0.15) is 0 Å². The number of rotatable bonds is 6. The van der Waals surface area contributed by atoms with Gasteiger partial charge in [-0.3, -0.25) is 4.79 Å². The molecule has 0 atom stereocenters. The summed E-state index contributed by atoms with van der Waals surface area (Å²) >= 11 is 5.85. The van der Waals surface area contributed by atoms with Crippen LogP contribution in [0.3, 0.4) is 0 Å². The van der Waals surface area contributed by atoms with E-state index in [1.54, 1.807) is 18.2 Å². The van der Waals surface area contributed by atoms with Crippen LogP contribution in [0.25, 0.3) is 0 Å². The highest BCUT2D eigenvalue weighted by Crippen LogP contribution is 2.21. The molecule has 18 heavy (non-hydrogen) atoms. The number of para-hydroxylation sites is 1. The molecule has 0 aliphatic heterocycles. The fraction of sp³-hybridized carbons (Fsp3) is 0.462. The Morgan fingerprint density at radius 3 is 2.89 bits per heavy atom. The molecule has 3 N–H and O–H groups in total. The Hall–Kier alpha value is -1.26. The molecule has 0 spiro atoms. The molecule has 0 unspecified atom stereocenters. The average Bonchev–Trinajstić information content (AvgIpc) is 2.31. The van der Waals surface area contributed by atoms with Crippen LogP contribution in [0.4, 0.5) is 5.69 Å². The van der Waals surface area contributed by atoms with Crippen molar-refractivity contribution in [1.82, 2.24) is 5.32 Å². The lowest BCUT2D eigenvalue weighted by Gasteiger charge is -2.09. The van der Waals surface area contributed by atoms with Crippen LogP contribution in [0.1, 0.15) is 24.2 Å².